The molecule has 0 spiro atoms. The van der Waals surface area contributed by atoms with Crippen molar-refractivity contribution in [3.63, 3.8) is 0 Å². The number of nitrogens with one attached hydrogen (secondary N) is 1. The van der Waals surface area contributed by atoms with Crippen LogP contribution in [0, 0.1) is 31.4 Å². The molecule has 5 rings (SSSR count). The smallest absolute Gasteiger partial charge is 0.413 e. The number of anilines is 3. The average molecular weight is 648 g/mol. The third-order valence-electron chi connectivity index (χ3n) is 8.30. The zero-order chi connectivity index (χ0) is 33.7. The summed E-state index contributed by atoms with van der Waals surface area (Å²) in [4.78, 5) is 25.2. The Kier molecular flexibility index (Phi) is 10.4. The van der Waals surface area contributed by atoms with Crippen LogP contribution in [0.2, 0.25) is 0 Å². The van der Waals surface area contributed by atoms with Gasteiger partial charge in [-0.1, -0.05) is 0 Å². The molecular formula is C35H39F2N5O5. The number of aryl methyl sites for hydroxylation is 2. The SMILES string of the molecule is COc1ccc(OC)c(C(c2c(C)cc(F)cc2C)N(C(=O)O)c2ccnc(Nc3ccc(OCC4CCCN(C)C4)c(F)c3)n2)c1. The maximum Gasteiger partial charge on any atom is 0.413 e. The van der Waals surface area contributed by atoms with E-state index in [-0.39, 0.29) is 17.5 Å². The zero-order valence-corrected chi connectivity index (χ0v) is 27.1. The van der Waals surface area contributed by atoms with E-state index >= 15 is 4.39 Å². The molecule has 2 heterocycles. The first-order valence-corrected chi connectivity index (χ1v) is 15.3. The maximum atomic E-state index is 15.1. The lowest BCUT2D eigenvalue weighted by Crippen LogP contribution is -2.36. The standard InChI is InChI=1S/C35H39F2N5O5/c1-21-15-24(36)16-22(2)32(21)33(27-18-26(45-4)9-11-29(27)46-5)42(35(43)44)31-12-13-38-34(40-31)39-25-8-10-30(28(37)17-25)47-20-23-7-6-14-41(3)19-23/h8-13,15-18,23,33H,6-7,14,19-20H2,1-5H3,(H,43,44)(H,38,39,40). The van der Waals surface area contributed by atoms with Crippen LogP contribution in [-0.2, 0) is 0 Å². The van der Waals surface area contributed by atoms with Crippen LogP contribution in [0.3, 0.4) is 0 Å². The number of ether oxygens (including phenoxy) is 3. The van der Waals surface area contributed by atoms with Crippen molar-refractivity contribution in [2.45, 2.75) is 32.7 Å². The number of piperidine rings is 1. The van der Waals surface area contributed by atoms with Gasteiger partial charge in [-0.25, -0.2) is 23.5 Å². The number of nitrogens with zero attached hydrogens (tertiary/aromatic N) is 4. The molecule has 1 aromatic heterocycles. The number of likely N-dealkylation sites (tertiary alicyclic amines) is 1. The summed E-state index contributed by atoms with van der Waals surface area (Å²) < 4.78 is 46.4. The molecule has 10 nitrogen and oxygen atoms in total. The lowest BCUT2D eigenvalue weighted by Gasteiger charge is -2.32. The predicted molar refractivity (Wildman–Crippen MR) is 175 cm³/mol. The van der Waals surface area contributed by atoms with E-state index in [1.165, 1.54) is 44.7 Å². The van der Waals surface area contributed by atoms with Crippen LogP contribution >= 0.6 is 0 Å². The molecule has 3 aromatic carbocycles. The molecule has 1 aliphatic heterocycles. The molecule has 1 saturated heterocycles. The minimum absolute atomic E-state index is 0.0193. The van der Waals surface area contributed by atoms with E-state index in [0.29, 0.717) is 52.0 Å². The van der Waals surface area contributed by atoms with Crippen LogP contribution in [0.4, 0.5) is 31.0 Å². The third-order valence-corrected chi connectivity index (χ3v) is 8.30. The molecule has 2 N–H and O–H groups in total. The van der Waals surface area contributed by atoms with Gasteiger partial charge in [0, 0.05) is 36.0 Å². The summed E-state index contributed by atoms with van der Waals surface area (Å²) in [5, 5.41) is 13.7. The molecule has 1 amide bonds. The highest BCUT2D eigenvalue weighted by Gasteiger charge is 2.34. The van der Waals surface area contributed by atoms with E-state index in [1.54, 1.807) is 44.2 Å². The molecular weight excluding hydrogens is 608 g/mol. The van der Waals surface area contributed by atoms with Crippen LogP contribution < -0.4 is 24.4 Å². The van der Waals surface area contributed by atoms with Gasteiger partial charge in [-0.05, 0) is 106 Å². The zero-order valence-electron chi connectivity index (χ0n) is 27.1. The van der Waals surface area contributed by atoms with E-state index in [2.05, 4.69) is 27.2 Å². The summed E-state index contributed by atoms with van der Waals surface area (Å²) >= 11 is 0. The van der Waals surface area contributed by atoms with Gasteiger partial charge in [-0.15, -0.1) is 0 Å². The van der Waals surface area contributed by atoms with Crippen LogP contribution in [0.15, 0.2) is 60.8 Å². The van der Waals surface area contributed by atoms with Crippen molar-refractivity contribution < 1.29 is 32.9 Å². The summed E-state index contributed by atoms with van der Waals surface area (Å²) in [7, 11) is 5.05. The van der Waals surface area contributed by atoms with E-state index < -0.39 is 23.8 Å². The molecule has 1 fully saturated rings. The number of halogens is 2. The van der Waals surface area contributed by atoms with Crippen LogP contribution in [0.1, 0.15) is 41.1 Å². The van der Waals surface area contributed by atoms with Gasteiger partial charge in [0.15, 0.2) is 11.6 Å². The number of hydrogen-bond acceptors (Lipinski definition) is 8. The largest absolute Gasteiger partial charge is 0.497 e. The number of methoxy groups -OCH3 is 2. The molecule has 2 unspecified atom stereocenters. The number of aromatic nitrogens is 2. The Morgan fingerprint density at radius 3 is 2.47 bits per heavy atom. The molecule has 0 bridgehead atoms. The van der Waals surface area contributed by atoms with Gasteiger partial charge in [-0.2, -0.15) is 4.98 Å². The monoisotopic (exact) mass is 647 g/mol. The average Bonchev–Trinajstić information content (AvgIpc) is 3.03. The highest BCUT2D eigenvalue weighted by Crippen LogP contribution is 2.42. The summed E-state index contributed by atoms with van der Waals surface area (Å²) in [6.45, 7) is 5.83. The Bertz CT molecular complexity index is 1720. The van der Waals surface area contributed by atoms with E-state index in [9.17, 15) is 14.3 Å². The van der Waals surface area contributed by atoms with Gasteiger partial charge in [-0.3, -0.25) is 0 Å². The summed E-state index contributed by atoms with van der Waals surface area (Å²) in [5.41, 5.74) is 2.42. The van der Waals surface area contributed by atoms with Gasteiger partial charge < -0.3 is 29.5 Å². The lowest BCUT2D eigenvalue weighted by molar-refractivity contribution is 0.147. The van der Waals surface area contributed by atoms with Gasteiger partial charge in [0.1, 0.15) is 23.1 Å². The minimum atomic E-state index is -1.33. The Balaban J connectivity index is 1.48. The topological polar surface area (TPSA) is 109 Å². The first kappa shape index (κ1) is 33.4. The van der Waals surface area contributed by atoms with Crippen LogP contribution in [0.25, 0.3) is 0 Å². The van der Waals surface area contributed by atoms with E-state index in [0.717, 1.165) is 30.8 Å². The fourth-order valence-corrected chi connectivity index (χ4v) is 6.16. The molecule has 12 heteroatoms. The Morgan fingerprint density at radius 2 is 1.81 bits per heavy atom. The van der Waals surface area contributed by atoms with Crippen molar-refractivity contribution >= 4 is 23.5 Å². The predicted octanol–water partition coefficient (Wildman–Crippen LogP) is 7.13. The van der Waals surface area contributed by atoms with Crippen molar-refractivity contribution in [2.75, 3.05) is 51.2 Å². The normalized spacial score (nSPS) is 15.5. The highest BCUT2D eigenvalue weighted by molar-refractivity contribution is 5.87. The second kappa shape index (κ2) is 14.6. The summed E-state index contributed by atoms with van der Waals surface area (Å²) in [6.07, 6.45) is 2.20. The van der Waals surface area contributed by atoms with Crippen molar-refractivity contribution in [1.82, 2.24) is 14.9 Å². The second-order valence-electron chi connectivity index (χ2n) is 11.7. The second-order valence-corrected chi connectivity index (χ2v) is 11.7. The van der Waals surface area contributed by atoms with Crippen LogP contribution in [0.5, 0.6) is 17.2 Å². The van der Waals surface area contributed by atoms with Gasteiger partial charge in [0.05, 0.1) is 26.9 Å². The Morgan fingerprint density at radius 1 is 1.06 bits per heavy atom. The molecule has 0 radical (unpaired) electrons. The van der Waals surface area contributed by atoms with Gasteiger partial charge in [0.2, 0.25) is 5.95 Å². The van der Waals surface area contributed by atoms with Gasteiger partial charge in [0.25, 0.3) is 0 Å². The number of rotatable bonds is 11. The van der Waals surface area contributed by atoms with Crippen molar-refractivity contribution in [1.29, 1.82) is 0 Å². The molecule has 4 aromatic rings. The van der Waals surface area contributed by atoms with Gasteiger partial charge >= 0.3 is 6.09 Å². The van der Waals surface area contributed by atoms with Crippen molar-refractivity contribution in [3.8, 4) is 17.2 Å². The third kappa shape index (κ3) is 7.71. The molecule has 0 saturated carbocycles. The number of amides is 1. The number of carbonyl (C=O) groups is 1. The quantitative estimate of drug-likeness (QED) is 0.176. The fourth-order valence-electron chi connectivity index (χ4n) is 6.16. The molecule has 0 aliphatic carbocycles. The molecule has 47 heavy (non-hydrogen) atoms. The molecule has 1 aliphatic rings. The van der Waals surface area contributed by atoms with Crippen LogP contribution in [-0.4, -0.2) is 67.0 Å². The number of hydrogen-bond donors (Lipinski definition) is 2. The first-order chi connectivity index (χ1) is 22.6. The number of benzene rings is 3. The maximum absolute atomic E-state index is 15.1. The van der Waals surface area contributed by atoms with E-state index in [1.807, 2.05) is 0 Å². The Hall–Kier alpha value is -4.97. The molecule has 248 valence electrons. The Labute approximate surface area is 272 Å². The molecule has 2 atom stereocenters. The minimum Gasteiger partial charge on any atom is -0.497 e. The summed E-state index contributed by atoms with van der Waals surface area (Å²) in [5.74, 6) is 0.417. The van der Waals surface area contributed by atoms with E-state index in [4.69, 9.17) is 14.2 Å². The highest BCUT2D eigenvalue weighted by atomic mass is 19.1. The lowest BCUT2D eigenvalue weighted by atomic mass is 9.89. The van der Waals surface area contributed by atoms with Crippen molar-refractivity contribution in [2.24, 2.45) is 5.92 Å². The first-order valence-electron chi connectivity index (χ1n) is 15.3. The van der Waals surface area contributed by atoms with Crippen molar-refractivity contribution in [3.05, 3.63) is 94.7 Å². The fraction of sp³-hybridized carbons (Fsp3) is 0.343. The number of carboxylic acid groups (broad SMARTS) is 1. The summed E-state index contributed by atoms with van der Waals surface area (Å²) in [6, 6.07) is 12.7.